The van der Waals surface area contributed by atoms with E-state index in [4.69, 9.17) is 32.7 Å². The van der Waals surface area contributed by atoms with Crippen molar-refractivity contribution in [1.29, 1.82) is 0 Å². The van der Waals surface area contributed by atoms with Crippen LogP contribution in [0.3, 0.4) is 0 Å². The molecule has 0 aliphatic carbocycles. The van der Waals surface area contributed by atoms with Gasteiger partial charge in [-0.2, -0.15) is 0 Å². The fourth-order valence-corrected chi connectivity index (χ4v) is 4.55. The quantitative estimate of drug-likeness (QED) is 0.294. The van der Waals surface area contributed by atoms with Crippen molar-refractivity contribution in [2.45, 2.75) is 38.1 Å². The Labute approximate surface area is 224 Å². The van der Waals surface area contributed by atoms with Crippen molar-refractivity contribution >= 4 is 34.8 Å². The first-order valence-electron chi connectivity index (χ1n) is 11.8. The lowest BCUT2D eigenvalue weighted by molar-refractivity contribution is -0.252. The number of amides is 1. The minimum absolute atomic E-state index is 0.0206. The van der Waals surface area contributed by atoms with Crippen molar-refractivity contribution in [3.05, 3.63) is 118 Å². The molecule has 1 aliphatic rings. The van der Waals surface area contributed by atoms with Gasteiger partial charge in [-0.25, -0.2) is 4.98 Å². The van der Waals surface area contributed by atoms with Gasteiger partial charge in [-0.3, -0.25) is 4.79 Å². The van der Waals surface area contributed by atoms with E-state index in [2.05, 4.69) is 10.3 Å². The van der Waals surface area contributed by atoms with E-state index >= 15 is 0 Å². The first kappa shape index (κ1) is 25.4. The summed E-state index contributed by atoms with van der Waals surface area (Å²) in [6, 6.07) is 24.1. The van der Waals surface area contributed by atoms with Gasteiger partial charge in [0.2, 0.25) is 0 Å². The van der Waals surface area contributed by atoms with E-state index in [1.807, 2.05) is 66.7 Å². The minimum Gasteiger partial charge on any atom is -0.392 e. The fourth-order valence-electron chi connectivity index (χ4n) is 4.24. The summed E-state index contributed by atoms with van der Waals surface area (Å²) < 4.78 is 14.5. The SMILES string of the molecule is O=C(Nc1ccc(C2OC(Cn3cnc(Cl)c3Cl)CC(c3ccc(CO)cc3)O2)cc1)c1ccccc1. The Morgan fingerprint density at radius 1 is 0.973 bits per heavy atom. The zero-order chi connectivity index (χ0) is 25.8. The third kappa shape index (κ3) is 6.04. The number of aromatic nitrogens is 2. The first-order chi connectivity index (χ1) is 18.0. The predicted octanol–water partition coefficient (Wildman–Crippen LogP) is 6.18. The molecule has 3 unspecified atom stereocenters. The molecule has 190 valence electrons. The van der Waals surface area contributed by atoms with E-state index in [1.165, 1.54) is 0 Å². The second-order valence-corrected chi connectivity index (χ2v) is 9.49. The number of imidazole rings is 1. The molecule has 1 amide bonds. The predicted molar refractivity (Wildman–Crippen MR) is 142 cm³/mol. The number of benzene rings is 3. The summed E-state index contributed by atoms with van der Waals surface area (Å²) >= 11 is 12.3. The van der Waals surface area contributed by atoms with Gasteiger partial charge >= 0.3 is 0 Å². The van der Waals surface area contributed by atoms with Gasteiger partial charge in [0.15, 0.2) is 11.4 Å². The van der Waals surface area contributed by atoms with Crippen LogP contribution in [-0.4, -0.2) is 26.7 Å². The number of carbonyl (C=O) groups excluding carboxylic acids is 1. The van der Waals surface area contributed by atoms with Crippen LogP contribution in [0.1, 0.15) is 45.9 Å². The average molecular weight is 538 g/mol. The lowest BCUT2D eigenvalue weighted by Gasteiger charge is -2.36. The Morgan fingerprint density at radius 2 is 1.68 bits per heavy atom. The molecule has 37 heavy (non-hydrogen) atoms. The average Bonchev–Trinajstić information content (AvgIpc) is 3.26. The number of anilines is 1. The van der Waals surface area contributed by atoms with Crippen molar-refractivity contribution in [3.63, 3.8) is 0 Å². The van der Waals surface area contributed by atoms with E-state index in [9.17, 15) is 9.90 Å². The molecule has 3 aromatic carbocycles. The molecule has 4 aromatic rings. The van der Waals surface area contributed by atoms with Crippen LogP contribution in [-0.2, 0) is 22.6 Å². The van der Waals surface area contributed by atoms with Crippen molar-refractivity contribution in [2.75, 3.05) is 5.32 Å². The van der Waals surface area contributed by atoms with Gasteiger partial charge in [0.05, 0.1) is 31.7 Å². The molecule has 0 spiro atoms. The summed E-state index contributed by atoms with van der Waals surface area (Å²) in [6.07, 6.45) is 1.06. The number of hydrogen-bond acceptors (Lipinski definition) is 5. The minimum atomic E-state index is -0.641. The van der Waals surface area contributed by atoms with Gasteiger partial charge in [-0.15, -0.1) is 0 Å². The Balaban J connectivity index is 1.35. The molecule has 0 bridgehead atoms. The third-order valence-corrected chi connectivity index (χ3v) is 6.99. The summed E-state index contributed by atoms with van der Waals surface area (Å²) in [5, 5.41) is 12.9. The van der Waals surface area contributed by atoms with Gasteiger partial charge in [0.1, 0.15) is 5.15 Å². The molecule has 1 aliphatic heterocycles. The normalized spacial score (nSPS) is 19.5. The molecule has 2 heterocycles. The van der Waals surface area contributed by atoms with Crippen LogP contribution in [0.15, 0.2) is 85.2 Å². The van der Waals surface area contributed by atoms with E-state index in [-0.39, 0.29) is 29.9 Å². The molecular weight excluding hydrogens is 513 g/mol. The number of aliphatic hydroxyl groups excluding tert-OH is 1. The summed E-state index contributed by atoms with van der Waals surface area (Å²) in [6.45, 7) is 0.433. The highest BCUT2D eigenvalue weighted by Gasteiger charge is 2.33. The molecule has 3 atom stereocenters. The van der Waals surface area contributed by atoms with Gasteiger partial charge in [0.25, 0.3) is 5.91 Å². The van der Waals surface area contributed by atoms with Crippen LogP contribution in [0.4, 0.5) is 5.69 Å². The number of halogens is 2. The monoisotopic (exact) mass is 537 g/mol. The number of carbonyl (C=O) groups is 1. The van der Waals surface area contributed by atoms with Crippen molar-refractivity contribution in [1.82, 2.24) is 9.55 Å². The topological polar surface area (TPSA) is 85.6 Å². The Morgan fingerprint density at radius 3 is 2.32 bits per heavy atom. The Kier molecular flexibility index (Phi) is 7.88. The maximum Gasteiger partial charge on any atom is 0.255 e. The lowest BCUT2D eigenvalue weighted by Crippen LogP contribution is -2.32. The molecule has 9 heteroatoms. The van der Waals surface area contributed by atoms with Crippen molar-refractivity contribution < 1.29 is 19.4 Å². The molecule has 0 saturated carbocycles. The van der Waals surface area contributed by atoms with Crippen LogP contribution < -0.4 is 5.32 Å². The Hall–Kier alpha value is -3.20. The fraction of sp³-hybridized carbons (Fsp3) is 0.214. The number of rotatable bonds is 7. The highest BCUT2D eigenvalue weighted by Crippen LogP contribution is 2.39. The molecule has 2 N–H and O–H groups in total. The van der Waals surface area contributed by atoms with E-state index in [0.717, 1.165) is 16.7 Å². The molecule has 1 saturated heterocycles. The summed E-state index contributed by atoms with van der Waals surface area (Å²) in [7, 11) is 0. The molecular formula is C28H25Cl2N3O4. The zero-order valence-electron chi connectivity index (χ0n) is 19.8. The molecule has 7 nitrogen and oxygen atoms in total. The van der Waals surface area contributed by atoms with E-state index in [0.29, 0.717) is 29.4 Å². The van der Waals surface area contributed by atoms with Crippen LogP contribution in [0.25, 0.3) is 0 Å². The van der Waals surface area contributed by atoms with Crippen LogP contribution in [0.2, 0.25) is 10.3 Å². The van der Waals surface area contributed by atoms with Gasteiger partial charge < -0.3 is 24.5 Å². The van der Waals surface area contributed by atoms with Crippen LogP contribution in [0, 0.1) is 0 Å². The van der Waals surface area contributed by atoms with E-state index in [1.54, 1.807) is 23.0 Å². The lowest BCUT2D eigenvalue weighted by atomic mass is 10.00. The van der Waals surface area contributed by atoms with E-state index < -0.39 is 6.29 Å². The van der Waals surface area contributed by atoms with Crippen LogP contribution in [0.5, 0.6) is 0 Å². The van der Waals surface area contributed by atoms with Gasteiger partial charge in [0, 0.05) is 23.2 Å². The number of hydrogen-bond donors (Lipinski definition) is 2. The molecule has 0 radical (unpaired) electrons. The Bertz CT molecular complexity index is 1340. The standard InChI is InChI=1S/C28H25Cl2N3O4/c29-25-26(30)33(17-31-25)15-23-14-24(19-8-6-18(16-34)7-9-19)37-28(36-23)21-10-12-22(13-11-21)32-27(35)20-4-2-1-3-5-20/h1-13,17,23-24,28,34H,14-16H2,(H,32,35). The number of aliphatic hydroxyl groups is 1. The zero-order valence-corrected chi connectivity index (χ0v) is 21.3. The number of nitrogens with zero attached hydrogens (tertiary/aromatic N) is 2. The smallest absolute Gasteiger partial charge is 0.255 e. The third-order valence-electron chi connectivity index (χ3n) is 6.22. The summed E-state index contributed by atoms with van der Waals surface area (Å²) in [5.41, 5.74) is 3.88. The summed E-state index contributed by atoms with van der Waals surface area (Å²) in [5.74, 6) is -0.180. The largest absolute Gasteiger partial charge is 0.392 e. The molecule has 5 rings (SSSR count). The first-order valence-corrected chi connectivity index (χ1v) is 12.6. The van der Waals surface area contributed by atoms with Crippen molar-refractivity contribution in [3.8, 4) is 0 Å². The molecule has 1 fully saturated rings. The highest BCUT2D eigenvalue weighted by atomic mass is 35.5. The maximum absolute atomic E-state index is 12.5. The number of ether oxygens (including phenoxy) is 2. The number of nitrogens with one attached hydrogen (secondary N) is 1. The summed E-state index contributed by atoms with van der Waals surface area (Å²) in [4.78, 5) is 16.6. The second-order valence-electron chi connectivity index (χ2n) is 8.77. The van der Waals surface area contributed by atoms with Gasteiger partial charge in [-0.05, 0) is 35.4 Å². The van der Waals surface area contributed by atoms with Crippen molar-refractivity contribution in [2.24, 2.45) is 0 Å². The van der Waals surface area contributed by atoms with Crippen LogP contribution >= 0.6 is 23.2 Å². The molecule has 1 aromatic heterocycles. The maximum atomic E-state index is 12.5. The highest BCUT2D eigenvalue weighted by molar-refractivity contribution is 6.40. The second kappa shape index (κ2) is 11.5. The van der Waals surface area contributed by atoms with Gasteiger partial charge in [-0.1, -0.05) is 77.8 Å².